The molecule has 9 nitrogen and oxygen atoms in total. The number of anilines is 1. The van der Waals surface area contributed by atoms with Crippen molar-refractivity contribution in [2.24, 2.45) is 17.4 Å². The van der Waals surface area contributed by atoms with E-state index in [2.05, 4.69) is 14.7 Å². The van der Waals surface area contributed by atoms with Gasteiger partial charge in [0.05, 0.1) is 31.5 Å². The lowest BCUT2D eigenvalue weighted by atomic mass is 10.0. The molecule has 33 heavy (non-hydrogen) atoms. The number of carbonyl (C=O) groups excluding carboxylic acids is 1. The Labute approximate surface area is 190 Å². The topological polar surface area (TPSA) is 143 Å². The summed E-state index contributed by atoms with van der Waals surface area (Å²) in [6.45, 7) is 2.25. The van der Waals surface area contributed by atoms with Crippen LogP contribution >= 0.6 is 0 Å². The Morgan fingerprint density at radius 2 is 2.03 bits per heavy atom. The second-order valence-electron chi connectivity index (χ2n) is 7.92. The Kier molecular flexibility index (Phi) is 7.64. The lowest BCUT2D eigenvalue weighted by Crippen LogP contribution is -2.38. The Morgan fingerprint density at radius 3 is 2.73 bits per heavy atom. The van der Waals surface area contributed by atoms with Gasteiger partial charge in [-0.2, -0.15) is 8.78 Å². The van der Waals surface area contributed by atoms with Crippen molar-refractivity contribution in [1.29, 1.82) is 0 Å². The molecule has 178 valence electrons. The quantitative estimate of drug-likeness (QED) is 0.381. The first kappa shape index (κ1) is 24.2. The molecule has 2 aromatic rings. The van der Waals surface area contributed by atoms with Crippen LogP contribution in [-0.4, -0.2) is 40.5 Å². The summed E-state index contributed by atoms with van der Waals surface area (Å²) in [6, 6.07) is 1.69. The minimum atomic E-state index is -3.03. The molecule has 0 aromatic carbocycles. The molecule has 0 spiro atoms. The van der Waals surface area contributed by atoms with Crippen LogP contribution in [0.1, 0.15) is 41.9 Å². The third-order valence-electron chi connectivity index (χ3n) is 5.41. The predicted molar refractivity (Wildman–Crippen MR) is 119 cm³/mol. The minimum absolute atomic E-state index is 0.0581. The Bertz CT molecular complexity index is 1090. The van der Waals surface area contributed by atoms with Gasteiger partial charge in [-0.05, 0) is 29.7 Å². The van der Waals surface area contributed by atoms with Gasteiger partial charge in [0, 0.05) is 23.2 Å². The monoisotopic (exact) mass is 462 g/mol. The SMILES string of the molecule is CCC(C)CN(C/C(N)=C/C=C(\N)OC(F)F)C(=O)c1cc2c3c(c(N)nc2cn1)COC3. The van der Waals surface area contributed by atoms with Crippen LogP contribution < -0.4 is 17.2 Å². The van der Waals surface area contributed by atoms with Gasteiger partial charge >= 0.3 is 6.61 Å². The summed E-state index contributed by atoms with van der Waals surface area (Å²) >= 11 is 0. The number of allylic oxidation sites excluding steroid dienone is 2. The molecule has 0 fully saturated rings. The van der Waals surface area contributed by atoms with E-state index in [0.717, 1.165) is 29.0 Å². The van der Waals surface area contributed by atoms with E-state index in [0.29, 0.717) is 31.1 Å². The lowest BCUT2D eigenvalue weighted by Gasteiger charge is -2.25. The van der Waals surface area contributed by atoms with E-state index in [4.69, 9.17) is 21.9 Å². The van der Waals surface area contributed by atoms with E-state index in [1.54, 1.807) is 11.0 Å². The number of nitrogens with zero attached hydrogens (tertiary/aromatic N) is 3. The van der Waals surface area contributed by atoms with Crippen molar-refractivity contribution in [3.05, 3.63) is 52.8 Å². The van der Waals surface area contributed by atoms with Gasteiger partial charge < -0.3 is 31.6 Å². The van der Waals surface area contributed by atoms with Gasteiger partial charge in [-0.25, -0.2) is 9.97 Å². The summed E-state index contributed by atoms with van der Waals surface area (Å²) in [5.74, 6) is -0.204. The molecule has 1 aliphatic heterocycles. The summed E-state index contributed by atoms with van der Waals surface area (Å²) in [6.07, 6.45) is 4.82. The number of amides is 1. The van der Waals surface area contributed by atoms with Crippen LogP contribution in [0.3, 0.4) is 0 Å². The Morgan fingerprint density at radius 1 is 1.30 bits per heavy atom. The van der Waals surface area contributed by atoms with Gasteiger partial charge in [-0.3, -0.25) is 4.79 Å². The summed E-state index contributed by atoms with van der Waals surface area (Å²) in [4.78, 5) is 23.6. The zero-order valence-electron chi connectivity index (χ0n) is 18.6. The van der Waals surface area contributed by atoms with Gasteiger partial charge in [0.1, 0.15) is 11.5 Å². The van der Waals surface area contributed by atoms with Gasteiger partial charge in [0.2, 0.25) is 0 Å². The highest BCUT2D eigenvalue weighted by Crippen LogP contribution is 2.31. The third-order valence-corrected chi connectivity index (χ3v) is 5.41. The number of hydrogen-bond donors (Lipinski definition) is 3. The number of alkyl halides is 2. The molecule has 0 saturated carbocycles. The van der Waals surface area contributed by atoms with Gasteiger partial charge in [-0.15, -0.1) is 0 Å². The molecular weight excluding hydrogens is 434 g/mol. The fourth-order valence-corrected chi connectivity index (χ4v) is 3.48. The van der Waals surface area contributed by atoms with E-state index >= 15 is 0 Å². The number of fused-ring (bicyclic) bond motifs is 3. The predicted octanol–water partition coefficient (Wildman–Crippen LogP) is 2.61. The van der Waals surface area contributed by atoms with E-state index in [9.17, 15) is 13.6 Å². The van der Waals surface area contributed by atoms with Crippen molar-refractivity contribution < 1.29 is 23.0 Å². The fourth-order valence-electron chi connectivity index (χ4n) is 3.48. The molecule has 11 heteroatoms. The Balaban J connectivity index is 1.89. The summed E-state index contributed by atoms with van der Waals surface area (Å²) in [5.41, 5.74) is 20.2. The van der Waals surface area contributed by atoms with Gasteiger partial charge in [0.15, 0.2) is 5.88 Å². The third kappa shape index (κ3) is 5.86. The number of nitrogen functional groups attached to an aromatic ring is 1. The van der Waals surface area contributed by atoms with E-state index in [1.807, 2.05) is 13.8 Å². The summed E-state index contributed by atoms with van der Waals surface area (Å²) in [5, 5.41) is 0.766. The molecule has 0 aliphatic carbocycles. The molecule has 6 N–H and O–H groups in total. The normalized spacial score (nSPS) is 15.1. The summed E-state index contributed by atoms with van der Waals surface area (Å²) < 4.78 is 34.1. The van der Waals surface area contributed by atoms with Crippen molar-refractivity contribution in [2.45, 2.75) is 40.1 Å². The number of ether oxygens (including phenoxy) is 2. The highest BCUT2D eigenvalue weighted by Gasteiger charge is 2.23. The highest BCUT2D eigenvalue weighted by atomic mass is 19.3. The molecule has 1 unspecified atom stereocenters. The van der Waals surface area contributed by atoms with Gasteiger partial charge in [0.25, 0.3) is 5.91 Å². The zero-order chi connectivity index (χ0) is 24.1. The maximum Gasteiger partial charge on any atom is 0.388 e. The van der Waals surface area contributed by atoms with Crippen LogP contribution in [0.25, 0.3) is 10.9 Å². The Hall–Kier alpha value is -3.47. The van der Waals surface area contributed by atoms with Crippen LogP contribution in [0.5, 0.6) is 0 Å². The zero-order valence-corrected chi connectivity index (χ0v) is 18.6. The number of hydrogen-bond acceptors (Lipinski definition) is 8. The van der Waals surface area contributed by atoms with Crippen molar-refractivity contribution in [2.75, 3.05) is 18.8 Å². The number of carbonyl (C=O) groups is 1. The van der Waals surface area contributed by atoms with Crippen molar-refractivity contribution in [3.63, 3.8) is 0 Å². The number of rotatable bonds is 9. The van der Waals surface area contributed by atoms with E-state index in [-0.39, 0.29) is 29.8 Å². The van der Waals surface area contributed by atoms with E-state index in [1.165, 1.54) is 12.3 Å². The molecule has 0 bridgehead atoms. The molecular formula is C22H28F2N6O3. The van der Waals surface area contributed by atoms with Crippen molar-refractivity contribution >= 4 is 22.6 Å². The van der Waals surface area contributed by atoms with E-state index < -0.39 is 12.5 Å². The standard InChI is InChI=1S/C22H28F2N6O3/c1-3-12(2)8-30(9-13(25)4-5-19(26)33-22(23)24)21(31)17-6-14-15-10-32-11-16(15)20(27)29-18(14)7-28-17/h4-7,12,22H,3,8-11,25-26H2,1-2H3,(H2,27,29)/b13-4-,19-5+. The maximum absolute atomic E-state index is 13.4. The molecule has 0 radical (unpaired) electrons. The first-order valence-electron chi connectivity index (χ1n) is 10.5. The smallest absolute Gasteiger partial charge is 0.388 e. The number of aromatic nitrogens is 2. The molecule has 1 atom stereocenters. The number of pyridine rings is 2. The first-order chi connectivity index (χ1) is 15.7. The summed E-state index contributed by atoms with van der Waals surface area (Å²) in [7, 11) is 0. The van der Waals surface area contributed by atoms with Crippen LogP contribution in [0.4, 0.5) is 14.6 Å². The molecule has 2 aromatic heterocycles. The number of nitrogens with two attached hydrogens (primary N) is 3. The van der Waals surface area contributed by atoms with Crippen LogP contribution in [-0.2, 0) is 22.7 Å². The molecule has 0 saturated heterocycles. The molecule has 3 rings (SSSR count). The van der Waals surface area contributed by atoms with Gasteiger partial charge in [-0.1, -0.05) is 20.3 Å². The fraction of sp³-hybridized carbons (Fsp3) is 0.409. The van der Waals surface area contributed by atoms with Crippen LogP contribution in [0.15, 0.2) is 36.0 Å². The number of halogens is 2. The second-order valence-corrected chi connectivity index (χ2v) is 7.92. The highest BCUT2D eigenvalue weighted by molar-refractivity contribution is 5.97. The lowest BCUT2D eigenvalue weighted by molar-refractivity contribution is -0.0968. The van der Waals surface area contributed by atoms with Crippen molar-refractivity contribution in [1.82, 2.24) is 14.9 Å². The largest absolute Gasteiger partial charge is 0.420 e. The molecule has 1 aliphatic rings. The first-order valence-corrected chi connectivity index (χ1v) is 10.5. The van der Waals surface area contributed by atoms with Crippen LogP contribution in [0, 0.1) is 5.92 Å². The van der Waals surface area contributed by atoms with Crippen LogP contribution in [0.2, 0.25) is 0 Å². The maximum atomic E-state index is 13.4. The average Bonchev–Trinajstić information content (AvgIpc) is 3.27. The molecule has 3 heterocycles. The van der Waals surface area contributed by atoms with Crippen molar-refractivity contribution in [3.8, 4) is 0 Å². The minimum Gasteiger partial charge on any atom is -0.420 e. The average molecular weight is 463 g/mol. The molecule has 1 amide bonds. The second kappa shape index (κ2) is 10.4.